The van der Waals surface area contributed by atoms with Gasteiger partial charge in [0.2, 0.25) is 0 Å². The molecule has 0 saturated carbocycles. The molecule has 1 N–H and O–H groups in total. The summed E-state index contributed by atoms with van der Waals surface area (Å²) in [4.78, 5) is 0. The maximum atomic E-state index is 12.9. The molecule has 1 saturated heterocycles. The van der Waals surface area contributed by atoms with E-state index in [2.05, 4.69) is 5.32 Å². The second-order valence-corrected chi connectivity index (χ2v) is 5.67. The summed E-state index contributed by atoms with van der Waals surface area (Å²) in [6.07, 6.45) is 1.31. The molecular weight excluding hydrogens is 245 g/mol. The molecule has 0 aliphatic carbocycles. The van der Waals surface area contributed by atoms with Crippen LogP contribution in [-0.2, 0) is 6.54 Å². The van der Waals surface area contributed by atoms with Crippen molar-refractivity contribution >= 4 is 23.4 Å². The van der Waals surface area contributed by atoms with Gasteiger partial charge in [-0.3, -0.25) is 0 Å². The molecule has 1 heterocycles. The summed E-state index contributed by atoms with van der Waals surface area (Å²) in [7, 11) is 0. The lowest BCUT2D eigenvalue weighted by atomic mass is 10.1. The number of halogens is 2. The van der Waals surface area contributed by atoms with Gasteiger partial charge in [-0.05, 0) is 48.1 Å². The number of rotatable bonds is 4. The summed E-state index contributed by atoms with van der Waals surface area (Å²) in [5, 5.41) is 3.60. The second kappa shape index (κ2) is 5.89. The van der Waals surface area contributed by atoms with Crippen LogP contribution in [0.3, 0.4) is 0 Å². The Balaban J connectivity index is 1.78. The van der Waals surface area contributed by atoms with Crippen molar-refractivity contribution in [3.63, 3.8) is 0 Å². The second-order valence-electron chi connectivity index (χ2n) is 4.11. The molecule has 1 nitrogen and oxygen atoms in total. The minimum atomic E-state index is -0.349. The Morgan fingerprint density at radius 1 is 1.50 bits per heavy atom. The van der Waals surface area contributed by atoms with Crippen LogP contribution >= 0.6 is 23.4 Å². The van der Waals surface area contributed by atoms with E-state index in [1.165, 1.54) is 24.0 Å². The predicted molar refractivity (Wildman–Crippen MR) is 68.5 cm³/mol. The third kappa shape index (κ3) is 3.37. The van der Waals surface area contributed by atoms with E-state index in [1.807, 2.05) is 11.8 Å². The van der Waals surface area contributed by atoms with Crippen LogP contribution in [0.2, 0.25) is 5.02 Å². The molecule has 0 aromatic heterocycles. The smallest absolute Gasteiger partial charge is 0.141 e. The van der Waals surface area contributed by atoms with Crippen molar-refractivity contribution in [3.05, 3.63) is 34.6 Å². The van der Waals surface area contributed by atoms with E-state index >= 15 is 0 Å². The van der Waals surface area contributed by atoms with Crippen LogP contribution in [0.15, 0.2) is 18.2 Å². The summed E-state index contributed by atoms with van der Waals surface area (Å²) < 4.78 is 12.9. The number of hydrogen-bond donors (Lipinski definition) is 1. The Morgan fingerprint density at radius 2 is 2.38 bits per heavy atom. The van der Waals surface area contributed by atoms with E-state index in [-0.39, 0.29) is 10.8 Å². The number of hydrogen-bond acceptors (Lipinski definition) is 2. The van der Waals surface area contributed by atoms with Crippen molar-refractivity contribution in [2.24, 2.45) is 5.92 Å². The highest BCUT2D eigenvalue weighted by molar-refractivity contribution is 7.99. The van der Waals surface area contributed by atoms with E-state index in [4.69, 9.17) is 11.6 Å². The van der Waals surface area contributed by atoms with E-state index in [9.17, 15) is 4.39 Å². The highest BCUT2D eigenvalue weighted by atomic mass is 35.5. The third-order valence-corrected chi connectivity index (χ3v) is 4.29. The molecule has 0 spiro atoms. The van der Waals surface area contributed by atoms with Crippen LogP contribution in [0, 0.1) is 11.7 Å². The maximum Gasteiger partial charge on any atom is 0.141 e. The monoisotopic (exact) mass is 259 g/mol. The lowest BCUT2D eigenvalue weighted by molar-refractivity contribution is 0.523. The van der Waals surface area contributed by atoms with Gasteiger partial charge in [-0.25, -0.2) is 4.39 Å². The number of nitrogens with one attached hydrogen (secondary N) is 1. The molecule has 0 radical (unpaired) electrons. The predicted octanol–water partition coefficient (Wildman–Crippen LogP) is 3.32. The van der Waals surface area contributed by atoms with E-state index in [0.717, 1.165) is 24.6 Å². The maximum absolute atomic E-state index is 12.9. The largest absolute Gasteiger partial charge is 0.312 e. The Morgan fingerprint density at radius 3 is 3.06 bits per heavy atom. The minimum absolute atomic E-state index is 0.204. The summed E-state index contributed by atoms with van der Waals surface area (Å²) in [5.74, 6) is 2.99. The van der Waals surface area contributed by atoms with Crippen LogP contribution in [0.25, 0.3) is 0 Å². The molecule has 16 heavy (non-hydrogen) atoms. The number of benzene rings is 1. The molecule has 1 aromatic rings. The van der Waals surface area contributed by atoms with Crippen LogP contribution in [0.5, 0.6) is 0 Å². The van der Waals surface area contributed by atoms with Gasteiger partial charge >= 0.3 is 0 Å². The normalized spacial score (nSPS) is 20.2. The average molecular weight is 260 g/mol. The summed E-state index contributed by atoms with van der Waals surface area (Å²) in [6, 6.07) is 4.88. The lowest BCUT2D eigenvalue weighted by Gasteiger charge is -2.10. The highest BCUT2D eigenvalue weighted by Crippen LogP contribution is 2.22. The zero-order valence-corrected chi connectivity index (χ0v) is 10.6. The quantitative estimate of drug-likeness (QED) is 0.890. The van der Waals surface area contributed by atoms with Crippen molar-refractivity contribution < 1.29 is 4.39 Å². The first-order valence-corrected chi connectivity index (χ1v) is 7.01. The zero-order chi connectivity index (χ0) is 11.4. The molecule has 0 bridgehead atoms. The van der Waals surface area contributed by atoms with Gasteiger partial charge in [0, 0.05) is 6.54 Å². The van der Waals surface area contributed by atoms with E-state index in [1.54, 1.807) is 12.1 Å². The summed E-state index contributed by atoms with van der Waals surface area (Å²) >= 11 is 7.74. The Kier molecular flexibility index (Phi) is 4.50. The standard InChI is InChI=1S/C12H15ClFNS/c13-11-5-9(1-2-12(11)14)6-15-7-10-3-4-16-8-10/h1-2,5,10,15H,3-4,6-8H2. The van der Waals surface area contributed by atoms with Crippen molar-refractivity contribution in [1.82, 2.24) is 5.32 Å². The van der Waals surface area contributed by atoms with Crippen molar-refractivity contribution in [2.45, 2.75) is 13.0 Å². The molecule has 4 heteroatoms. The number of thioether (sulfide) groups is 1. The van der Waals surface area contributed by atoms with Gasteiger partial charge in [0.15, 0.2) is 0 Å². The third-order valence-electron chi connectivity index (χ3n) is 2.77. The van der Waals surface area contributed by atoms with Crippen molar-refractivity contribution in [2.75, 3.05) is 18.1 Å². The molecule has 1 aliphatic heterocycles. The van der Waals surface area contributed by atoms with Crippen molar-refractivity contribution in [3.8, 4) is 0 Å². The fourth-order valence-corrected chi connectivity index (χ4v) is 3.30. The Labute approximate surface area is 105 Å². The van der Waals surface area contributed by atoms with Gasteiger partial charge in [0.25, 0.3) is 0 Å². The van der Waals surface area contributed by atoms with Gasteiger partial charge in [-0.1, -0.05) is 17.7 Å². The first-order valence-electron chi connectivity index (χ1n) is 5.48. The fourth-order valence-electron chi connectivity index (χ4n) is 1.81. The summed E-state index contributed by atoms with van der Waals surface area (Å²) in [5.41, 5.74) is 1.04. The fraction of sp³-hybridized carbons (Fsp3) is 0.500. The van der Waals surface area contributed by atoms with Crippen LogP contribution in [0.4, 0.5) is 4.39 Å². The van der Waals surface area contributed by atoms with Crippen LogP contribution in [0.1, 0.15) is 12.0 Å². The van der Waals surface area contributed by atoms with Gasteiger partial charge in [0.1, 0.15) is 5.82 Å². The topological polar surface area (TPSA) is 12.0 Å². The lowest BCUT2D eigenvalue weighted by Crippen LogP contribution is -2.22. The molecular formula is C12H15ClFNS. The first-order chi connectivity index (χ1) is 7.75. The van der Waals surface area contributed by atoms with Gasteiger partial charge in [0.05, 0.1) is 5.02 Å². The van der Waals surface area contributed by atoms with Crippen molar-refractivity contribution in [1.29, 1.82) is 0 Å². The highest BCUT2D eigenvalue weighted by Gasteiger charge is 2.14. The van der Waals surface area contributed by atoms with Crippen LogP contribution in [-0.4, -0.2) is 18.1 Å². The average Bonchev–Trinajstić information content (AvgIpc) is 2.76. The molecule has 2 rings (SSSR count). The summed E-state index contributed by atoms with van der Waals surface area (Å²) in [6.45, 7) is 1.81. The molecule has 1 aromatic carbocycles. The SMILES string of the molecule is Fc1ccc(CNCC2CCSC2)cc1Cl. The minimum Gasteiger partial charge on any atom is -0.312 e. The molecule has 1 aliphatic rings. The molecule has 1 unspecified atom stereocenters. The molecule has 0 amide bonds. The van der Waals surface area contributed by atoms with Gasteiger partial charge < -0.3 is 5.32 Å². The Bertz CT molecular complexity index is 353. The van der Waals surface area contributed by atoms with Gasteiger partial charge in [-0.15, -0.1) is 0 Å². The molecule has 1 atom stereocenters. The van der Waals surface area contributed by atoms with E-state index < -0.39 is 0 Å². The van der Waals surface area contributed by atoms with Crippen LogP contribution < -0.4 is 5.32 Å². The van der Waals surface area contributed by atoms with E-state index in [0.29, 0.717) is 0 Å². The zero-order valence-electron chi connectivity index (χ0n) is 9.01. The molecule has 88 valence electrons. The molecule has 1 fully saturated rings. The Hall–Kier alpha value is -0.250. The first kappa shape index (κ1) is 12.2. The van der Waals surface area contributed by atoms with Gasteiger partial charge in [-0.2, -0.15) is 11.8 Å².